The Bertz CT molecular complexity index is 178. The number of carbonyl (C=O) groups is 1. The Kier molecular flexibility index (Phi) is 1.52. The summed E-state index contributed by atoms with van der Waals surface area (Å²) in [6.45, 7) is 3.46. The van der Waals surface area contributed by atoms with E-state index >= 15 is 0 Å². The minimum atomic E-state index is -1.09. The van der Waals surface area contributed by atoms with Crippen molar-refractivity contribution >= 4 is 5.91 Å². The van der Waals surface area contributed by atoms with E-state index in [2.05, 4.69) is 6.58 Å². The maximum Gasteiger partial charge on any atom is 0.224 e. The van der Waals surface area contributed by atoms with Gasteiger partial charge in [-0.3, -0.25) is 4.79 Å². The Labute approximate surface area is 59.9 Å². The van der Waals surface area contributed by atoms with Crippen LogP contribution in [0.2, 0.25) is 0 Å². The van der Waals surface area contributed by atoms with E-state index in [1.54, 1.807) is 7.05 Å². The summed E-state index contributed by atoms with van der Waals surface area (Å²) in [5.74, 6) is -0.0256. The van der Waals surface area contributed by atoms with Gasteiger partial charge < -0.3 is 10.0 Å². The molecule has 10 heavy (non-hydrogen) atoms. The van der Waals surface area contributed by atoms with Crippen molar-refractivity contribution in [3.8, 4) is 0 Å². The van der Waals surface area contributed by atoms with Gasteiger partial charge in [0.05, 0.1) is 0 Å². The first-order valence-corrected chi connectivity index (χ1v) is 3.23. The molecule has 0 spiro atoms. The van der Waals surface area contributed by atoms with Crippen LogP contribution in [0, 0.1) is 0 Å². The molecule has 0 saturated carbocycles. The Morgan fingerprint density at radius 3 is 2.70 bits per heavy atom. The number of aliphatic hydroxyl groups is 1. The first-order valence-electron chi connectivity index (χ1n) is 3.23. The van der Waals surface area contributed by atoms with E-state index in [4.69, 9.17) is 0 Å². The lowest BCUT2D eigenvalue weighted by Gasteiger charge is -2.26. The molecule has 1 fully saturated rings. The molecule has 1 amide bonds. The lowest BCUT2D eigenvalue weighted by Crippen LogP contribution is -2.40. The van der Waals surface area contributed by atoms with Gasteiger partial charge in [0.15, 0.2) is 5.72 Å². The summed E-state index contributed by atoms with van der Waals surface area (Å²) < 4.78 is 0. The normalized spacial score (nSPS) is 33.0. The van der Waals surface area contributed by atoms with Gasteiger partial charge in [-0.15, -0.1) is 0 Å². The predicted octanol–water partition coefficient (Wildman–Crippen LogP) is 0.113. The number of rotatable bonds is 1. The van der Waals surface area contributed by atoms with Gasteiger partial charge in [0.25, 0.3) is 0 Å². The molecule has 1 saturated heterocycles. The third-order valence-electron chi connectivity index (χ3n) is 1.99. The van der Waals surface area contributed by atoms with Crippen LogP contribution in [0.1, 0.15) is 12.8 Å². The van der Waals surface area contributed by atoms with Crippen LogP contribution in [-0.4, -0.2) is 28.7 Å². The average Bonchev–Trinajstić information content (AvgIpc) is 2.19. The largest absolute Gasteiger partial charge is 0.367 e. The maximum absolute atomic E-state index is 10.9. The zero-order valence-electron chi connectivity index (χ0n) is 6.00. The first-order chi connectivity index (χ1) is 4.60. The zero-order chi connectivity index (χ0) is 7.78. The SMILES string of the molecule is C=CC1(O)CCC(=O)N1C. The fourth-order valence-electron chi connectivity index (χ4n) is 1.08. The molecule has 3 heteroatoms. The van der Waals surface area contributed by atoms with E-state index in [-0.39, 0.29) is 5.91 Å². The lowest BCUT2D eigenvalue weighted by atomic mass is 10.1. The highest BCUT2D eigenvalue weighted by Crippen LogP contribution is 2.26. The van der Waals surface area contributed by atoms with Crippen molar-refractivity contribution in [2.24, 2.45) is 0 Å². The van der Waals surface area contributed by atoms with Crippen LogP contribution in [0.4, 0.5) is 0 Å². The number of likely N-dealkylation sites (tertiary alicyclic amines) is 1. The van der Waals surface area contributed by atoms with Gasteiger partial charge in [-0.1, -0.05) is 6.58 Å². The predicted molar refractivity (Wildman–Crippen MR) is 37.2 cm³/mol. The molecule has 0 aromatic rings. The number of hydrogen-bond acceptors (Lipinski definition) is 2. The van der Waals surface area contributed by atoms with E-state index in [0.29, 0.717) is 12.8 Å². The number of hydrogen-bond donors (Lipinski definition) is 1. The Morgan fingerprint density at radius 1 is 1.90 bits per heavy atom. The van der Waals surface area contributed by atoms with E-state index in [0.717, 1.165) is 0 Å². The third-order valence-corrected chi connectivity index (χ3v) is 1.99. The summed E-state index contributed by atoms with van der Waals surface area (Å²) in [4.78, 5) is 12.2. The van der Waals surface area contributed by atoms with Gasteiger partial charge in [0.1, 0.15) is 0 Å². The van der Waals surface area contributed by atoms with Crippen LogP contribution in [0.25, 0.3) is 0 Å². The Morgan fingerprint density at radius 2 is 2.50 bits per heavy atom. The van der Waals surface area contributed by atoms with Gasteiger partial charge in [-0.2, -0.15) is 0 Å². The van der Waals surface area contributed by atoms with Crippen molar-refractivity contribution in [3.63, 3.8) is 0 Å². The van der Waals surface area contributed by atoms with Crippen LogP contribution in [0.5, 0.6) is 0 Å². The van der Waals surface area contributed by atoms with Crippen LogP contribution >= 0.6 is 0 Å². The molecule has 0 aromatic heterocycles. The van der Waals surface area contributed by atoms with Crippen molar-refractivity contribution in [1.29, 1.82) is 0 Å². The molecule has 1 atom stereocenters. The van der Waals surface area contributed by atoms with Crippen molar-refractivity contribution in [3.05, 3.63) is 12.7 Å². The summed E-state index contributed by atoms with van der Waals surface area (Å²) in [6.07, 6.45) is 2.28. The fraction of sp³-hybridized carbons (Fsp3) is 0.571. The second-order valence-corrected chi connectivity index (χ2v) is 2.54. The molecule has 56 valence electrons. The van der Waals surface area contributed by atoms with E-state index < -0.39 is 5.72 Å². The topological polar surface area (TPSA) is 40.5 Å². The van der Waals surface area contributed by atoms with Crippen LogP contribution in [0.3, 0.4) is 0 Å². The highest BCUT2D eigenvalue weighted by Gasteiger charge is 2.38. The molecular formula is C7H11NO2. The molecule has 0 bridgehead atoms. The lowest BCUT2D eigenvalue weighted by molar-refractivity contribution is -0.135. The monoisotopic (exact) mass is 141 g/mol. The second kappa shape index (κ2) is 2.09. The second-order valence-electron chi connectivity index (χ2n) is 2.54. The number of likely N-dealkylation sites (N-methyl/N-ethyl adjacent to an activating group) is 1. The standard InChI is InChI=1S/C7H11NO2/c1-3-7(10)5-4-6(9)8(7)2/h3,10H,1,4-5H2,2H3. The molecule has 1 aliphatic heterocycles. The molecule has 0 aromatic carbocycles. The average molecular weight is 141 g/mol. The molecule has 0 radical (unpaired) electrons. The van der Waals surface area contributed by atoms with E-state index in [1.165, 1.54) is 11.0 Å². The summed E-state index contributed by atoms with van der Waals surface area (Å²) in [6, 6.07) is 0. The molecule has 1 N–H and O–H groups in total. The van der Waals surface area contributed by atoms with Crippen molar-refractivity contribution in [1.82, 2.24) is 4.90 Å². The van der Waals surface area contributed by atoms with Crippen LogP contribution < -0.4 is 0 Å². The molecular weight excluding hydrogens is 130 g/mol. The molecule has 1 aliphatic rings. The summed E-state index contributed by atoms with van der Waals surface area (Å²) in [7, 11) is 1.58. The van der Waals surface area contributed by atoms with Gasteiger partial charge in [0, 0.05) is 19.9 Å². The quantitative estimate of drug-likeness (QED) is 0.527. The summed E-state index contributed by atoms with van der Waals surface area (Å²) in [5, 5.41) is 9.53. The minimum absolute atomic E-state index is 0.0256. The first kappa shape index (κ1) is 7.28. The van der Waals surface area contributed by atoms with Gasteiger partial charge in [-0.05, 0) is 6.08 Å². The Hall–Kier alpha value is -0.830. The van der Waals surface area contributed by atoms with Crippen molar-refractivity contribution in [2.75, 3.05) is 7.05 Å². The third kappa shape index (κ3) is 0.827. The smallest absolute Gasteiger partial charge is 0.224 e. The van der Waals surface area contributed by atoms with Crippen LogP contribution in [0.15, 0.2) is 12.7 Å². The molecule has 1 heterocycles. The van der Waals surface area contributed by atoms with Gasteiger partial charge in [0.2, 0.25) is 5.91 Å². The van der Waals surface area contributed by atoms with Crippen molar-refractivity contribution < 1.29 is 9.90 Å². The summed E-state index contributed by atoms with van der Waals surface area (Å²) in [5.41, 5.74) is -1.09. The van der Waals surface area contributed by atoms with Gasteiger partial charge in [-0.25, -0.2) is 0 Å². The molecule has 1 rings (SSSR count). The number of carbonyl (C=O) groups excluding carboxylic acids is 1. The highest BCUT2D eigenvalue weighted by atomic mass is 16.3. The minimum Gasteiger partial charge on any atom is -0.367 e. The van der Waals surface area contributed by atoms with Crippen molar-refractivity contribution in [2.45, 2.75) is 18.6 Å². The Balaban J connectivity index is 2.82. The van der Waals surface area contributed by atoms with Gasteiger partial charge >= 0.3 is 0 Å². The zero-order valence-corrected chi connectivity index (χ0v) is 6.00. The highest BCUT2D eigenvalue weighted by molar-refractivity contribution is 5.79. The van der Waals surface area contributed by atoms with E-state index in [9.17, 15) is 9.90 Å². The molecule has 0 aliphatic carbocycles. The van der Waals surface area contributed by atoms with E-state index in [1.807, 2.05) is 0 Å². The number of amides is 1. The van der Waals surface area contributed by atoms with Crippen LogP contribution in [-0.2, 0) is 4.79 Å². The molecule has 1 unspecified atom stereocenters. The molecule has 3 nitrogen and oxygen atoms in total. The maximum atomic E-state index is 10.9. The summed E-state index contributed by atoms with van der Waals surface area (Å²) >= 11 is 0. The fourth-order valence-corrected chi connectivity index (χ4v) is 1.08. The number of nitrogens with zero attached hydrogens (tertiary/aromatic N) is 1.